The first-order valence-corrected chi connectivity index (χ1v) is 5.85. The van der Waals surface area contributed by atoms with Gasteiger partial charge in [0.25, 0.3) is 0 Å². The van der Waals surface area contributed by atoms with Gasteiger partial charge in [0.1, 0.15) is 0 Å². The van der Waals surface area contributed by atoms with Crippen molar-refractivity contribution in [1.82, 2.24) is 0 Å². The van der Waals surface area contributed by atoms with E-state index in [0.717, 1.165) is 5.56 Å². The summed E-state index contributed by atoms with van der Waals surface area (Å²) in [6.45, 7) is 0.0205. The van der Waals surface area contributed by atoms with Crippen molar-refractivity contribution in [2.24, 2.45) is 0 Å². The zero-order valence-electron chi connectivity index (χ0n) is 10.5. The molecule has 0 bridgehead atoms. The molecule has 0 spiro atoms. The molecular weight excluding hydrogens is 273 g/mol. The molecular formula is C14H13F3O3. The Morgan fingerprint density at radius 1 is 1.15 bits per heavy atom. The lowest BCUT2D eigenvalue weighted by atomic mass is 10.0. The Morgan fingerprint density at radius 2 is 1.75 bits per heavy atom. The first kappa shape index (κ1) is 16.1. The second-order valence-electron chi connectivity index (χ2n) is 4.06. The van der Waals surface area contributed by atoms with E-state index in [-0.39, 0.29) is 12.2 Å². The molecule has 0 saturated carbocycles. The summed E-state index contributed by atoms with van der Waals surface area (Å²) >= 11 is 0. The number of Topliss-reactive ketones (excluding diaryl/α,β-unsaturated/α-hetero) is 2. The molecule has 3 nitrogen and oxygen atoms in total. The molecule has 108 valence electrons. The number of aliphatic hydroxyl groups is 1. The van der Waals surface area contributed by atoms with Crippen LogP contribution in [0, 0.1) is 0 Å². The van der Waals surface area contributed by atoms with E-state index < -0.39 is 24.2 Å². The lowest BCUT2D eigenvalue weighted by Crippen LogP contribution is -2.25. The third-order valence-electron chi connectivity index (χ3n) is 2.48. The van der Waals surface area contributed by atoms with Crippen LogP contribution >= 0.6 is 0 Å². The molecule has 0 fully saturated rings. The average molecular weight is 286 g/mol. The number of halogens is 3. The van der Waals surface area contributed by atoms with Crippen LogP contribution in [0.2, 0.25) is 0 Å². The number of hydrogen-bond acceptors (Lipinski definition) is 3. The fourth-order valence-corrected chi connectivity index (χ4v) is 1.42. The molecule has 1 aromatic carbocycles. The highest BCUT2D eigenvalue weighted by atomic mass is 19.4. The largest absolute Gasteiger partial charge is 0.450 e. The van der Waals surface area contributed by atoms with Crippen molar-refractivity contribution in [1.29, 1.82) is 0 Å². The van der Waals surface area contributed by atoms with Gasteiger partial charge in [-0.3, -0.25) is 9.59 Å². The van der Waals surface area contributed by atoms with Gasteiger partial charge in [0.2, 0.25) is 5.78 Å². The van der Waals surface area contributed by atoms with E-state index in [2.05, 4.69) is 0 Å². The van der Waals surface area contributed by atoms with E-state index in [1.807, 2.05) is 0 Å². The van der Waals surface area contributed by atoms with Crippen LogP contribution in [0.1, 0.15) is 28.8 Å². The molecule has 6 heteroatoms. The molecule has 0 aromatic heterocycles. The van der Waals surface area contributed by atoms with E-state index in [1.165, 1.54) is 12.1 Å². The first-order chi connectivity index (χ1) is 9.34. The van der Waals surface area contributed by atoms with Crippen molar-refractivity contribution in [2.45, 2.75) is 19.0 Å². The monoisotopic (exact) mass is 286 g/mol. The minimum atomic E-state index is -4.98. The Kier molecular flexibility index (Phi) is 5.64. The van der Waals surface area contributed by atoms with E-state index in [9.17, 15) is 22.8 Å². The third kappa shape index (κ3) is 4.97. The summed E-state index contributed by atoms with van der Waals surface area (Å²) in [7, 11) is 0. The minimum Gasteiger partial charge on any atom is -0.396 e. The number of carbonyl (C=O) groups excluding carboxylic acids is 2. The van der Waals surface area contributed by atoms with Crippen LogP contribution in [0.3, 0.4) is 0 Å². The SMILES string of the molecule is O=C(CC(=O)C(F)(F)F)c1ccc(C=CCCO)cc1. The molecule has 1 aromatic rings. The smallest absolute Gasteiger partial charge is 0.396 e. The summed E-state index contributed by atoms with van der Waals surface area (Å²) in [5.74, 6) is -2.91. The quantitative estimate of drug-likeness (QED) is 0.646. The average Bonchev–Trinajstić information content (AvgIpc) is 2.38. The van der Waals surface area contributed by atoms with Gasteiger partial charge in [-0.05, 0) is 12.0 Å². The Hall–Kier alpha value is -1.95. The summed E-state index contributed by atoms with van der Waals surface area (Å²) in [5.41, 5.74) is 0.805. The van der Waals surface area contributed by atoms with Gasteiger partial charge in [0.15, 0.2) is 5.78 Å². The molecule has 1 N–H and O–H groups in total. The lowest BCUT2D eigenvalue weighted by Gasteiger charge is -2.04. The van der Waals surface area contributed by atoms with Crippen LogP contribution in [0.4, 0.5) is 13.2 Å². The van der Waals surface area contributed by atoms with Crippen molar-refractivity contribution in [3.05, 3.63) is 41.5 Å². The predicted octanol–water partition coefficient (Wildman–Crippen LogP) is 2.79. The first-order valence-electron chi connectivity index (χ1n) is 5.85. The summed E-state index contributed by atoms with van der Waals surface area (Å²) < 4.78 is 36.1. The van der Waals surface area contributed by atoms with Gasteiger partial charge in [0, 0.05) is 12.2 Å². The maximum Gasteiger partial charge on any atom is 0.450 e. The van der Waals surface area contributed by atoms with Gasteiger partial charge in [-0.1, -0.05) is 36.4 Å². The third-order valence-corrected chi connectivity index (χ3v) is 2.48. The van der Waals surface area contributed by atoms with Gasteiger partial charge in [-0.25, -0.2) is 0 Å². The fraction of sp³-hybridized carbons (Fsp3) is 0.286. The van der Waals surface area contributed by atoms with Gasteiger partial charge in [0.05, 0.1) is 6.42 Å². The zero-order chi connectivity index (χ0) is 15.2. The van der Waals surface area contributed by atoms with E-state index in [0.29, 0.717) is 6.42 Å². The number of alkyl halides is 3. The highest BCUT2D eigenvalue weighted by molar-refractivity contribution is 6.09. The molecule has 20 heavy (non-hydrogen) atoms. The molecule has 0 aliphatic heterocycles. The Balaban J connectivity index is 2.69. The Bertz CT molecular complexity index is 501. The maximum atomic E-state index is 12.0. The van der Waals surface area contributed by atoms with Crippen LogP contribution in [0.15, 0.2) is 30.3 Å². The molecule has 0 unspecified atom stereocenters. The Labute approximate surface area is 113 Å². The van der Waals surface area contributed by atoms with Gasteiger partial charge in [-0.2, -0.15) is 13.2 Å². The maximum absolute atomic E-state index is 12.0. The topological polar surface area (TPSA) is 54.4 Å². The summed E-state index contributed by atoms with van der Waals surface area (Å²) in [5, 5.41) is 8.59. The molecule has 1 rings (SSSR count). The molecule has 0 aliphatic rings. The number of aliphatic hydroxyl groups excluding tert-OH is 1. The molecule has 0 atom stereocenters. The van der Waals surface area contributed by atoms with Gasteiger partial charge < -0.3 is 5.11 Å². The second-order valence-corrected chi connectivity index (χ2v) is 4.06. The van der Waals surface area contributed by atoms with E-state index in [4.69, 9.17) is 5.11 Å². The van der Waals surface area contributed by atoms with Crippen LogP contribution in [-0.4, -0.2) is 29.5 Å². The minimum absolute atomic E-state index is 0.0205. The van der Waals surface area contributed by atoms with Crippen molar-refractivity contribution in [2.75, 3.05) is 6.61 Å². The zero-order valence-corrected chi connectivity index (χ0v) is 10.5. The van der Waals surface area contributed by atoms with Gasteiger partial charge in [-0.15, -0.1) is 0 Å². The number of benzene rings is 1. The lowest BCUT2D eigenvalue weighted by molar-refractivity contribution is -0.170. The van der Waals surface area contributed by atoms with E-state index in [1.54, 1.807) is 24.3 Å². The summed E-state index contributed by atoms with van der Waals surface area (Å²) in [6.07, 6.45) is -2.23. The Morgan fingerprint density at radius 3 is 2.25 bits per heavy atom. The number of ketones is 2. The van der Waals surface area contributed by atoms with Crippen LogP contribution in [0.5, 0.6) is 0 Å². The fourth-order valence-electron chi connectivity index (χ4n) is 1.42. The second kappa shape index (κ2) is 7.00. The molecule has 0 radical (unpaired) electrons. The van der Waals surface area contributed by atoms with Crippen LogP contribution in [0.25, 0.3) is 6.08 Å². The molecule has 0 aliphatic carbocycles. The summed E-state index contributed by atoms with van der Waals surface area (Å²) in [4.78, 5) is 22.2. The van der Waals surface area contributed by atoms with Crippen molar-refractivity contribution in [3.63, 3.8) is 0 Å². The number of rotatable bonds is 6. The standard InChI is InChI=1S/C14H13F3O3/c15-14(16,17)13(20)9-12(19)11-6-4-10(5-7-11)3-1-2-8-18/h1,3-7,18H,2,8-9H2. The highest BCUT2D eigenvalue weighted by Gasteiger charge is 2.39. The normalized spacial score (nSPS) is 11.8. The van der Waals surface area contributed by atoms with Crippen molar-refractivity contribution < 1.29 is 27.9 Å². The van der Waals surface area contributed by atoms with Gasteiger partial charge >= 0.3 is 6.18 Å². The van der Waals surface area contributed by atoms with Crippen LogP contribution < -0.4 is 0 Å². The molecule has 0 saturated heterocycles. The van der Waals surface area contributed by atoms with Crippen LogP contribution in [-0.2, 0) is 4.79 Å². The highest BCUT2D eigenvalue weighted by Crippen LogP contribution is 2.19. The number of carbonyl (C=O) groups is 2. The predicted molar refractivity (Wildman–Crippen MR) is 67.2 cm³/mol. The van der Waals surface area contributed by atoms with Crippen molar-refractivity contribution in [3.8, 4) is 0 Å². The van der Waals surface area contributed by atoms with E-state index >= 15 is 0 Å². The number of hydrogen-bond donors (Lipinski definition) is 1. The summed E-state index contributed by atoms with van der Waals surface area (Å²) in [6, 6.07) is 5.84. The molecule has 0 amide bonds. The van der Waals surface area contributed by atoms with Crippen molar-refractivity contribution >= 4 is 17.6 Å². The molecule has 0 heterocycles.